The number of amides is 2. The minimum Gasteiger partial charge on any atom is -0.483 e. The summed E-state index contributed by atoms with van der Waals surface area (Å²) in [5.41, 5.74) is 3.55. The first-order valence-electron chi connectivity index (χ1n) is 9.09. The molecule has 30 heavy (non-hydrogen) atoms. The zero-order valence-electron chi connectivity index (χ0n) is 16.1. The van der Waals surface area contributed by atoms with E-state index in [1.807, 2.05) is 42.5 Å². The van der Waals surface area contributed by atoms with Crippen LogP contribution in [-0.4, -0.2) is 24.1 Å². The third kappa shape index (κ3) is 6.30. The van der Waals surface area contributed by atoms with Gasteiger partial charge in [0.15, 0.2) is 6.61 Å². The fourth-order valence-electron chi connectivity index (χ4n) is 2.67. The molecule has 6 nitrogen and oxygen atoms in total. The molecule has 0 saturated heterocycles. The molecule has 0 aliphatic heterocycles. The molecule has 3 rings (SSSR count). The molecule has 0 saturated carbocycles. The molecule has 0 aliphatic carbocycles. The number of carbonyl (C=O) groups excluding carboxylic acids is 2. The largest absolute Gasteiger partial charge is 0.483 e. The summed E-state index contributed by atoms with van der Waals surface area (Å²) in [6, 6.07) is 18.6. The summed E-state index contributed by atoms with van der Waals surface area (Å²) >= 11 is 9.18. The van der Waals surface area contributed by atoms with Gasteiger partial charge in [0.05, 0.1) is 10.9 Å². The first-order chi connectivity index (χ1) is 14.4. The summed E-state index contributed by atoms with van der Waals surface area (Å²) in [5, 5.41) is 9.48. The quantitative estimate of drug-likeness (QED) is 0.356. The van der Waals surface area contributed by atoms with Crippen molar-refractivity contribution in [3.63, 3.8) is 0 Å². The van der Waals surface area contributed by atoms with Crippen molar-refractivity contribution >= 4 is 61.5 Å². The van der Waals surface area contributed by atoms with Crippen LogP contribution in [0.3, 0.4) is 0 Å². The van der Waals surface area contributed by atoms with Crippen molar-refractivity contribution < 1.29 is 14.3 Å². The maximum absolute atomic E-state index is 12.2. The highest BCUT2D eigenvalue weighted by Crippen LogP contribution is 2.27. The van der Waals surface area contributed by atoms with Crippen LogP contribution in [-0.2, 0) is 9.59 Å². The van der Waals surface area contributed by atoms with Crippen molar-refractivity contribution in [3.05, 3.63) is 70.2 Å². The van der Waals surface area contributed by atoms with Gasteiger partial charge in [-0.05, 0) is 64.0 Å². The van der Waals surface area contributed by atoms with E-state index in [-0.39, 0.29) is 18.9 Å². The minimum atomic E-state index is -0.439. The van der Waals surface area contributed by atoms with Gasteiger partial charge < -0.3 is 10.1 Å². The number of hydrogen-bond donors (Lipinski definition) is 2. The summed E-state index contributed by atoms with van der Waals surface area (Å²) in [6.07, 6.45) is 0.0523. The second kappa shape index (κ2) is 10.2. The normalized spacial score (nSPS) is 11.2. The molecule has 8 heteroatoms. The molecule has 0 radical (unpaired) electrons. The third-order valence-corrected chi connectivity index (χ3v) is 4.93. The highest BCUT2D eigenvalue weighted by molar-refractivity contribution is 9.10. The molecule has 3 aromatic rings. The lowest BCUT2D eigenvalue weighted by Gasteiger charge is -2.08. The van der Waals surface area contributed by atoms with Gasteiger partial charge in [0.2, 0.25) is 5.91 Å². The van der Waals surface area contributed by atoms with E-state index in [1.54, 1.807) is 25.1 Å². The second-order valence-corrected chi connectivity index (χ2v) is 7.82. The predicted octanol–water partition coefficient (Wildman–Crippen LogP) is 5.16. The van der Waals surface area contributed by atoms with Crippen molar-refractivity contribution in [1.82, 2.24) is 5.43 Å². The lowest BCUT2D eigenvalue weighted by atomic mass is 10.1. The Morgan fingerprint density at radius 2 is 1.80 bits per heavy atom. The summed E-state index contributed by atoms with van der Waals surface area (Å²) in [6.45, 7) is 1.44. The summed E-state index contributed by atoms with van der Waals surface area (Å²) in [4.78, 5) is 24.1. The van der Waals surface area contributed by atoms with Crippen molar-refractivity contribution in [2.45, 2.75) is 13.3 Å². The Balaban J connectivity index is 1.47. The average molecular weight is 489 g/mol. The standard InChI is InChI=1S/C22H19BrClN3O3/c1-14(26-27-22(29)13-30-20-9-7-17(24)12-19(20)23)10-21(28)25-18-8-6-15-4-2-3-5-16(15)11-18/h2-9,11-12H,10,13H2,1H3,(H,25,28)(H,27,29)/b26-14-. The summed E-state index contributed by atoms with van der Waals surface area (Å²) < 4.78 is 6.06. The molecule has 2 N–H and O–H groups in total. The molecule has 0 unspecified atom stereocenters. The molecule has 3 aromatic carbocycles. The smallest absolute Gasteiger partial charge is 0.277 e. The molecule has 0 heterocycles. The zero-order chi connectivity index (χ0) is 21.5. The number of nitrogens with one attached hydrogen (secondary N) is 2. The maximum atomic E-state index is 12.2. The number of anilines is 1. The lowest BCUT2D eigenvalue weighted by molar-refractivity contribution is -0.123. The zero-order valence-corrected chi connectivity index (χ0v) is 18.5. The Hall–Kier alpha value is -2.90. The van der Waals surface area contributed by atoms with Crippen LogP contribution in [0.4, 0.5) is 5.69 Å². The van der Waals surface area contributed by atoms with Crippen LogP contribution < -0.4 is 15.5 Å². The molecule has 0 aliphatic rings. The Morgan fingerprint density at radius 3 is 2.57 bits per heavy atom. The van der Waals surface area contributed by atoms with Gasteiger partial charge in [-0.1, -0.05) is 41.9 Å². The molecular weight excluding hydrogens is 470 g/mol. The maximum Gasteiger partial charge on any atom is 0.277 e. The Morgan fingerprint density at radius 1 is 1.03 bits per heavy atom. The molecule has 0 atom stereocenters. The average Bonchev–Trinajstić information content (AvgIpc) is 2.71. The van der Waals surface area contributed by atoms with Crippen LogP contribution in [0.15, 0.2) is 70.2 Å². The van der Waals surface area contributed by atoms with E-state index in [2.05, 4.69) is 31.8 Å². The molecule has 0 spiro atoms. The number of hydrogen-bond acceptors (Lipinski definition) is 4. The van der Waals surface area contributed by atoms with Crippen LogP contribution in [0.25, 0.3) is 10.8 Å². The number of benzene rings is 3. The van der Waals surface area contributed by atoms with Gasteiger partial charge >= 0.3 is 0 Å². The van der Waals surface area contributed by atoms with Gasteiger partial charge in [-0.2, -0.15) is 5.10 Å². The van der Waals surface area contributed by atoms with Crippen LogP contribution in [0, 0.1) is 0 Å². The van der Waals surface area contributed by atoms with Gasteiger partial charge in [-0.3, -0.25) is 9.59 Å². The molecule has 0 bridgehead atoms. The van der Waals surface area contributed by atoms with Crippen LogP contribution in [0.2, 0.25) is 5.02 Å². The van der Waals surface area contributed by atoms with Crippen molar-refractivity contribution in [1.29, 1.82) is 0 Å². The highest BCUT2D eigenvalue weighted by Gasteiger charge is 2.08. The number of rotatable bonds is 7. The Bertz CT molecular complexity index is 1120. The van der Waals surface area contributed by atoms with Gasteiger partial charge in [-0.25, -0.2) is 5.43 Å². The van der Waals surface area contributed by atoms with Crippen molar-refractivity contribution in [3.8, 4) is 5.75 Å². The Kier molecular flexibility index (Phi) is 7.43. The summed E-state index contributed by atoms with van der Waals surface area (Å²) in [7, 11) is 0. The van der Waals surface area contributed by atoms with Crippen LogP contribution in [0.1, 0.15) is 13.3 Å². The number of halogens is 2. The monoisotopic (exact) mass is 487 g/mol. The van der Waals surface area contributed by atoms with E-state index < -0.39 is 5.91 Å². The number of carbonyl (C=O) groups is 2. The molecule has 0 fully saturated rings. The van der Waals surface area contributed by atoms with E-state index in [4.69, 9.17) is 16.3 Å². The predicted molar refractivity (Wildman–Crippen MR) is 123 cm³/mol. The van der Waals surface area contributed by atoms with Gasteiger partial charge in [0, 0.05) is 16.4 Å². The van der Waals surface area contributed by atoms with Gasteiger partial charge in [0.25, 0.3) is 5.91 Å². The molecule has 2 amide bonds. The summed E-state index contributed by atoms with van der Waals surface area (Å²) in [5.74, 6) is -0.168. The van der Waals surface area contributed by atoms with Crippen LogP contribution >= 0.6 is 27.5 Å². The first kappa shape index (κ1) is 21.8. The molecule has 154 valence electrons. The number of nitrogens with zero attached hydrogens (tertiary/aromatic N) is 1. The highest BCUT2D eigenvalue weighted by atomic mass is 79.9. The minimum absolute atomic E-state index is 0.0523. The first-order valence-corrected chi connectivity index (χ1v) is 10.3. The van der Waals surface area contributed by atoms with E-state index in [9.17, 15) is 9.59 Å². The lowest BCUT2D eigenvalue weighted by Crippen LogP contribution is -2.26. The third-order valence-electron chi connectivity index (χ3n) is 4.07. The topological polar surface area (TPSA) is 79.8 Å². The fourth-order valence-corrected chi connectivity index (χ4v) is 3.47. The van der Waals surface area contributed by atoms with Crippen LogP contribution in [0.5, 0.6) is 5.75 Å². The number of fused-ring (bicyclic) bond motifs is 1. The van der Waals surface area contributed by atoms with E-state index in [0.717, 1.165) is 10.8 Å². The Labute approximate surface area is 187 Å². The van der Waals surface area contributed by atoms with Gasteiger partial charge in [0.1, 0.15) is 5.75 Å². The van der Waals surface area contributed by atoms with Gasteiger partial charge in [-0.15, -0.1) is 0 Å². The number of hydrazone groups is 1. The molecule has 0 aromatic heterocycles. The van der Waals surface area contributed by atoms with E-state index >= 15 is 0 Å². The second-order valence-electron chi connectivity index (χ2n) is 6.53. The number of ether oxygens (including phenoxy) is 1. The molecular formula is C22H19BrClN3O3. The van der Waals surface area contributed by atoms with E-state index in [0.29, 0.717) is 26.6 Å². The van der Waals surface area contributed by atoms with E-state index in [1.165, 1.54) is 0 Å². The fraction of sp³-hybridized carbons (Fsp3) is 0.136. The van der Waals surface area contributed by atoms with Crippen molar-refractivity contribution in [2.75, 3.05) is 11.9 Å². The SMILES string of the molecule is C/C(CC(=O)Nc1ccc2ccccc2c1)=N/NC(=O)COc1ccc(Cl)cc1Br. The van der Waals surface area contributed by atoms with Crippen molar-refractivity contribution in [2.24, 2.45) is 5.10 Å².